The zero-order valence-electron chi connectivity index (χ0n) is 19.2. The summed E-state index contributed by atoms with van der Waals surface area (Å²) in [6, 6.07) is 9.83. The number of amides is 2. The average Bonchev–Trinajstić information content (AvgIpc) is 3.18. The summed E-state index contributed by atoms with van der Waals surface area (Å²) in [5.41, 5.74) is 2.21. The van der Waals surface area contributed by atoms with Crippen LogP contribution in [0.4, 0.5) is 9.80 Å². The number of thiophene rings is 1. The third-order valence-electron chi connectivity index (χ3n) is 5.53. The van der Waals surface area contributed by atoms with Gasteiger partial charge in [-0.1, -0.05) is 25.1 Å². The van der Waals surface area contributed by atoms with Gasteiger partial charge in [0.05, 0.1) is 25.3 Å². The van der Waals surface area contributed by atoms with Crippen molar-refractivity contribution in [2.45, 2.75) is 45.3 Å². The van der Waals surface area contributed by atoms with Gasteiger partial charge in [-0.2, -0.15) is 5.26 Å². The van der Waals surface area contributed by atoms with Gasteiger partial charge in [-0.3, -0.25) is 4.79 Å². The molecule has 2 aromatic rings. The molecule has 0 spiro atoms. The Labute approximate surface area is 202 Å². The van der Waals surface area contributed by atoms with Gasteiger partial charge in [-0.25, -0.2) is 4.79 Å². The lowest BCUT2D eigenvalue weighted by Crippen LogP contribution is -2.37. The molecule has 9 nitrogen and oxygen atoms in total. The first-order valence-electron chi connectivity index (χ1n) is 11.1. The molecule has 2 heterocycles. The molecule has 2 amide bonds. The Kier molecular flexibility index (Phi) is 8.87. The molecule has 3 N–H and O–H groups in total. The number of fused-ring (bicyclic) bond motifs is 1. The summed E-state index contributed by atoms with van der Waals surface area (Å²) < 4.78 is 10.7. The first kappa shape index (κ1) is 25.5. The predicted molar refractivity (Wildman–Crippen MR) is 127 cm³/mol. The van der Waals surface area contributed by atoms with Gasteiger partial charge in [0.1, 0.15) is 29.5 Å². The van der Waals surface area contributed by atoms with Crippen LogP contribution in [0.1, 0.15) is 47.8 Å². The second-order valence-corrected chi connectivity index (χ2v) is 9.13. The number of carbonyl (C=O) groups is 2. The number of aliphatic hydroxyl groups is 2. The van der Waals surface area contributed by atoms with Gasteiger partial charge < -0.3 is 29.9 Å². The fourth-order valence-electron chi connectivity index (χ4n) is 3.82. The van der Waals surface area contributed by atoms with Crippen LogP contribution in [0.2, 0.25) is 0 Å². The number of carbonyl (C=O) groups excluding carboxylic acids is 2. The van der Waals surface area contributed by atoms with E-state index < -0.39 is 18.8 Å². The van der Waals surface area contributed by atoms with Crippen LogP contribution in [-0.4, -0.2) is 59.6 Å². The minimum atomic E-state index is -1.12. The van der Waals surface area contributed by atoms with Crippen LogP contribution in [0.25, 0.3) is 0 Å². The quantitative estimate of drug-likeness (QED) is 0.495. The standard InChI is InChI=1S/C24H29N3O6S/c1-3-32-20-7-5-4-6-17(20)15(2)10-22(30)26-23-19(11-25)18-8-9-27(12-21(18)34-23)24(31)33-14-16(29)13-28/h4-7,15-16,28-29H,3,8-10,12-14H2,1-2H3,(H,26,30)/t15-,16?/m0/s1. The molecule has 0 radical (unpaired) electrons. The van der Waals surface area contributed by atoms with Crippen molar-refractivity contribution in [2.75, 3.05) is 31.7 Å². The molecule has 0 saturated heterocycles. The van der Waals surface area contributed by atoms with Gasteiger partial charge in [0, 0.05) is 17.8 Å². The Morgan fingerprint density at radius 3 is 2.82 bits per heavy atom. The molecule has 0 saturated carbocycles. The van der Waals surface area contributed by atoms with Crippen LogP contribution in [0.5, 0.6) is 5.75 Å². The number of ether oxygens (including phenoxy) is 2. The largest absolute Gasteiger partial charge is 0.494 e. The summed E-state index contributed by atoms with van der Waals surface area (Å²) in [4.78, 5) is 27.4. The van der Waals surface area contributed by atoms with Gasteiger partial charge >= 0.3 is 6.09 Å². The zero-order chi connectivity index (χ0) is 24.7. The zero-order valence-corrected chi connectivity index (χ0v) is 20.1. The maximum absolute atomic E-state index is 12.8. The number of hydrogen-bond donors (Lipinski definition) is 3. The van der Waals surface area contributed by atoms with Crippen LogP contribution in [0, 0.1) is 11.3 Å². The van der Waals surface area contributed by atoms with Crippen LogP contribution in [0.3, 0.4) is 0 Å². The average molecular weight is 488 g/mol. The Morgan fingerprint density at radius 2 is 2.12 bits per heavy atom. The smallest absolute Gasteiger partial charge is 0.410 e. The number of anilines is 1. The van der Waals surface area contributed by atoms with Crippen molar-refractivity contribution in [3.05, 3.63) is 45.8 Å². The third-order valence-corrected chi connectivity index (χ3v) is 6.66. The number of nitriles is 1. The van der Waals surface area contributed by atoms with Crippen molar-refractivity contribution >= 4 is 28.3 Å². The van der Waals surface area contributed by atoms with E-state index in [1.807, 2.05) is 38.1 Å². The van der Waals surface area contributed by atoms with Crippen molar-refractivity contribution in [3.63, 3.8) is 0 Å². The van der Waals surface area contributed by atoms with Crippen LogP contribution >= 0.6 is 11.3 Å². The maximum Gasteiger partial charge on any atom is 0.410 e. The van der Waals surface area contributed by atoms with E-state index >= 15 is 0 Å². The van der Waals surface area contributed by atoms with Crippen molar-refractivity contribution in [2.24, 2.45) is 0 Å². The SMILES string of the molecule is CCOc1ccccc1[C@@H](C)CC(=O)Nc1sc2c(c1C#N)CCN(C(=O)OCC(O)CO)C2. The fraction of sp³-hybridized carbons (Fsp3) is 0.458. The minimum absolute atomic E-state index is 0.0811. The minimum Gasteiger partial charge on any atom is -0.494 e. The van der Waals surface area contributed by atoms with E-state index in [-0.39, 0.29) is 31.4 Å². The lowest BCUT2D eigenvalue weighted by atomic mass is 9.96. The summed E-state index contributed by atoms with van der Waals surface area (Å²) in [5, 5.41) is 31.3. The monoisotopic (exact) mass is 487 g/mol. The van der Waals surface area contributed by atoms with Gasteiger partial charge in [0.25, 0.3) is 0 Å². The third kappa shape index (κ3) is 6.05. The molecule has 0 aliphatic carbocycles. The van der Waals surface area contributed by atoms with E-state index in [4.69, 9.17) is 14.6 Å². The van der Waals surface area contributed by atoms with Crippen molar-refractivity contribution in [1.82, 2.24) is 4.90 Å². The summed E-state index contributed by atoms with van der Waals surface area (Å²) in [7, 11) is 0. The topological polar surface area (TPSA) is 132 Å². The molecule has 1 aromatic carbocycles. The summed E-state index contributed by atoms with van der Waals surface area (Å²) >= 11 is 1.28. The highest BCUT2D eigenvalue weighted by Gasteiger charge is 2.29. The molecule has 34 heavy (non-hydrogen) atoms. The highest BCUT2D eigenvalue weighted by molar-refractivity contribution is 7.16. The summed E-state index contributed by atoms with van der Waals surface area (Å²) in [5.74, 6) is 0.471. The van der Waals surface area contributed by atoms with Gasteiger partial charge in [-0.15, -0.1) is 11.3 Å². The van der Waals surface area contributed by atoms with Gasteiger partial charge in [-0.05, 0) is 36.5 Å². The lowest BCUT2D eigenvalue weighted by molar-refractivity contribution is -0.116. The van der Waals surface area contributed by atoms with Crippen LogP contribution in [-0.2, 0) is 22.5 Å². The van der Waals surface area contributed by atoms with E-state index in [1.54, 1.807) is 0 Å². The molecule has 1 aromatic heterocycles. The molecule has 1 aliphatic heterocycles. The Bertz CT molecular complexity index is 1060. The van der Waals surface area contributed by atoms with Gasteiger partial charge in [0.2, 0.25) is 5.91 Å². The Morgan fingerprint density at radius 1 is 1.35 bits per heavy atom. The molecule has 10 heteroatoms. The molecular weight excluding hydrogens is 458 g/mol. The predicted octanol–water partition coefficient (Wildman–Crippen LogP) is 3.00. The number of nitrogens with zero attached hydrogens (tertiary/aromatic N) is 2. The van der Waals surface area contributed by atoms with Crippen LogP contribution in [0.15, 0.2) is 24.3 Å². The first-order chi connectivity index (χ1) is 16.4. The number of para-hydroxylation sites is 1. The molecule has 1 unspecified atom stereocenters. The second kappa shape index (κ2) is 11.8. The molecule has 1 aliphatic rings. The summed E-state index contributed by atoms with van der Waals surface area (Å²) in [6.45, 7) is 4.22. The van der Waals surface area contributed by atoms with Crippen molar-refractivity contribution in [3.8, 4) is 11.8 Å². The lowest BCUT2D eigenvalue weighted by Gasteiger charge is -2.26. The highest BCUT2D eigenvalue weighted by atomic mass is 32.1. The highest BCUT2D eigenvalue weighted by Crippen LogP contribution is 2.37. The molecule has 3 rings (SSSR count). The number of benzene rings is 1. The van der Waals surface area contributed by atoms with E-state index in [0.29, 0.717) is 30.1 Å². The van der Waals surface area contributed by atoms with Crippen LogP contribution < -0.4 is 10.1 Å². The Hall–Kier alpha value is -3.13. The van der Waals surface area contributed by atoms with E-state index in [9.17, 15) is 20.0 Å². The number of hydrogen-bond acceptors (Lipinski definition) is 8. The van der Waals surface area contributed by atoms with E-state index in [1.165, 1.54) is 16.2 Å². The molecule has 2 atom stereocenters. The van der Waals surface area contributed by atoms with E-state index in [2.05, 4.69) is 11.4 Å². The van der Waals surface area contributed by atoms with E-state index in [0.717, 1.165) is 21.8 Å². The number of rotatable bonds is 9. The normalized spacial score (nSPS) is 14.5. The first-order valence-corrected chi connectivity index (χ1v) is 12.0. The molecule has 182 valence electrons. The Balaban J connectivity index is 1.67. The molecule has 0 bridgehead atoms. The summed E-state index contributed by atoms with van der Waals surface area (Å²) in [6.07, 6.45) is -1.04. The second-order valence-electron chi connectivity index (χ2n) is 8.03. The molecule has 0 fully saturated rings. The van der Waals surface area contributed by atoms with Gasteiger partial charge in [0.15, 0.2) is 0 Å². The van der Waals surface area contributed by atoms with Crippen molar-refractivity contribution < 1.29 is 29.3 Å². The number of aliphatic hydroxyl groups excluding tert-OH is 2. The maximum atomic E-state index is 12.8. The fourth-order valence-corrected chi connectivity index (χ4v) is 5.05. The number of nitrogens with one attached hydrogen (secondary N) is 1. The molecular formula is C24H29N3O6S. The van der Waals surface area contributed by atoms with Crippen molar-refractivity contribution in [1.29, 1.82) is 5.26 Å².